The minimum Gasteiger partial charge on any atom is -0.485 e. The third-order valence-electron chi connectivity index (χ3n) is 5.36. The summed E-state index contributed by atoms with van der Waals surface area (Å²) in [7, 11) is 0. The monoisotopic (exact) mass is 429 g/mol. The van der Waals surface area contributed by atoms with E-state index in [0.29, 0.717) is 23.9 Å². The molecular formula is C24H20FN5O2. The normalized spacial score (nSPS) is 12.4. The van der Waals surface area contributed by atoms with Crippen LogP contribution in [0.25, 0.3) is 5.69 Å². The van der Waals surface area contributed by atoms with Gasteiger partial charge in [-0.1, -0.05) is 0 Å². The maximum Gasteiger partial charge on any atom is 0.277 e. The standard InChI is InChI=1S/C24H20FN5O2/c25-17-6-8-18(9-7-17)30-20-4-1-3-19(20)22(29-30)24(31)28-23-21(5-2-12-27-23)32-15-16-10-13-26-14-11-16/h2,5-14H,1,3-4,15H2,(H,27,28,31). The van der Waals surface area contributed by atoms with Crippen molar-refractivity contribution >= 4 is 11.7 Å². The predicted molar refractivity (Wildman–Crippen MR) is 116 cm³/mol. The number of hydrogen-bond acceptors (Lipinski definition) is 5. The summed E-state index contributed by atoms with van der Waals surface area (Å²) in [6.45, 7) is 0.325. The minimum atomic E-state index is -0.350. The molecule has 0 saturated heterocycles. The highest BCUT2D eigenvalue weighted by Gasteiger charge is 2.27. The van der Waals surface area contributed by atoms with Gasteiger partial charge >= 0.3 is 0 Å². The summed E-state index contributed by atoms with van der Waals surface area (Å²) in [5.74, 6) is 0.128. The molecule has 1 aromatic carbocycles. The Morgan fingerprint density at radius 3 is 2.69 bits per heavy atom. The van der Waals surface area contributed by atoms with Crippen molar-refractivity contribution in [2.75, 3.05) is 5.32 Å². The van der Waals surface area contributed by atoms with Crippen LogP contribution in [0.5, 0.6) is 5.75 Å². The van der Waals surface area contributed by atoms with Gasteiger partial charge in [-0.3, -0.25) is 9.78 Å². The number of halogens is 1. The lowest BCUT2D eigenvalue weighted by Gasteiger charge is -2.11. The van der Waals surface area contributed by atoms with Gasteiger partial charge in [0.25, 0.3) is 5.91 Å². The van der Waals surface area contributed by atoms with Crippen LogP contribution < -0.4 is 10.1 Å². The number of carbonyl (C=O) groups is 1. The zero-order valence-electron chi connectivity index (χ0n) is 17.2. The molecule has 1 aliphatic rings. The summed E-state index contributed by atoms with van der Waals surface area (Å²) in [5, 5.41) is 7.40. The van der Waals surface area contributed by atoms with Crippen molar-refractivity contribution in [2.24, 2.45) is 0 Å². The molecule has 160 valence electrons. The number of fused-ring (bicyclic) bond motifs is 1. The van der Waals surface area contributed by atoms with E-state index in [9.17, 15) is 9.18 Å². The van der Waals surface area contributed by atoms with Gasteiger partial charge in [0.2, 0.25) is 0 Å². The molecule has 1 amide bonds. The topological polar surface area (TPSA) is 81.9 Å². The number of ether oxygens (including phenoxy) is 1. The summed E-state index contributed by atoms with van der Waals surface area (Å²) >= 11 is 0. The largest absolute Gasteiger partial charge is 0.485 e. The first-order chi connectivity index (χ1) is 15.7. The van der Waals surface area contributed by atoms with Gasteiger partial charge in [-0.05, 0) is 73.4 Å². The summed E-state index contributed by atoms with van der Waals surface area (Å²) < 4.78 is 20.9. The lowest BCUT2D eigenvalue weighted by atomic mass is 10.2. The zero-order valence-corrected chi connectivity index (χ0v) is 17.2. The highest BCUT2D eigenvalue weighted by Crippen LogP contribution is 2.29. The number of nitrogens with zero attached hydrogens (tertiary/aromatic N) is 4. The summed E-state index contributed by atoms with van der Waals surface area (Å²) in [5.41, 5.74) is 3.94. The highest BCUT2D eigenvalue weighted by atomic mass is 19.1. The van der Waals surface area contributed by atoms with E-state index in [-0.39, 0.29) is 11.7 Å². The molecule has 3 heterocycles. The second-order valence-corrected chi connectivity index (χ2v) is 7.46. The second-order valence-electron chi connectivity index (χ2n) is 7.46. The van der Waals surface area contributed by atoms with E-state index in [1.54, 1.807) is 47.5 Å². The molecule has 0 bridgehead atoms. The quantitative estimate of drug-likeness (QED) is 0.499. The van der Waals surface area contributed by atoms with E-state index in [1.807, 2.05) is 12.1 Å². The summed E-state index contributed by atoms with van der Waals surface area (Å²) in [4.78, 5) is 21.4. The van der Waals surface area contributed by atoms with Crippen molar-refractivity contribution in [3.63, 3.8) is 0 Å². The molecule has 7 nitrogen and oxygen atoms in total. The van der Waals surface area contributed by atoms with Crippen LogP contribution >= 0.6 is 0 Å². The Balaban J connectivity index is 1.39. The third-order valence-corrected chi connectivity index (χ3v) is 5.36. The molecular weight excluding hydrogens is 409 g/mol. The molecule has 0 aliphatic heterocycles. The number of rotatable bonds is 6. The second kappa shape index (κ2) is 8.58. The third kappa shape index (κ3) is 3.94. The van der Waals surface area contributed by atoms with Crippen LogP contribution in [0.15, 0.2) is 67.1 Å². The molecule has 0 atom stereocenters. The average molecular weight is 429 g/mol. The fourth-order valence-electron chi connectivity index (χ4n) is 3.82. The summed E-state index contributed by atoms with van der Waals surface area (Å²) in [6, 6.07) is 13.3. The lowest BCUT2D eigenvalue weighted by molar-refractivity contribution is 0.102. The van der Waals surface area contributed by atoms with Crippen molar-refractivity contribution in [3.05, 3.63) is 95.5 Å². The Labute approximate surface area is 183 Å². The van der Waals surface area contributed by atoms with E-state index in [4.69, 9.17) is 4.74 Å². The van der Waals surface area contributed by atoms with Gasteiger partial charge in [0.15, 0.2) is 17.3 Å². The first kappa shape index (κ1) is 19.9. The van der Waals surface area contributed by atoms with E-state index in [2.05, 4.69) is 20.4 Å². The van der Waals surface area contributed by atoms with Crippen molar-refractivity contribution in [3.8, 4) is 11.4 Å². The van der Waals surface area contributed by atoms with Gasteiger partial charge in [-0.2, -0.15) is 5.10 Å². The van der Waals surface area contributed by atoms with E-state index < -0.39 is 0 Å². The lowest BCUT2D eigenvalue weighted by Crippen LogP contribution is -2.16. The number of aromatic nitrogens is 4. The van der Waals surface area contributed by atoms with Crippen LogP contribution in [0.3, 0.4) is 0 Å². The smallest absolute Gasteiger partial charge is 0.277 e. The number of pyridine rings is 2. The summed E-state index contributed by atoms with van der Waals surface area (Å²) in [6.07, 6.45) is 7.52. The Bertz CT molecular complexity index is 1260. The molecule has 0 fully saturated rings. The molecule has 0 unspecified atom stereocenters. The van der Waals surface area contributed by atoms with Gasteiger partial charge in [-0.25, -0.2) is 14.1 Å². The van der Waals surface area contributed by atoms with E-state index in [0.717, 1.165) is 41.8 Å². The fraction of sp³-hybridized carbons (Fsp3) is 0.167. The number of hydrogen-bond donors (Lipinski definition) is 1. The maximum atomic E-state index is 13.3. The van der Waals surface area contributed by atoms with Crippen molar-refractivity contribution in [1.82, 2.24) is 19.7 Å². The van der Waals surface area contributed by atoms with Crippen LogP contribution in [0, 0.1) is 5.82 Å². The van der Waals surface area contributed by atoms with E-state index >= 15 is 0 Å². The SMILES string of the molecule is O=C(Nc1ncccc1OCc1ccncc1)c1nn(-c2ccc(F)cc2)c2c1CCC2. The molecule has 8 heteroatoms. The molecule has 0 saturated carbocycles. The van der Waals surface area contributed by atoms with Gasteiger partial charge in [0.1, 0.15) is 12.4 Å². The van der Waals surface area contributed by atoms with Crippen LogP contribution in [0.2, 0.25) is 0 Å². The minimum absolute atomic E-state index is 0.315. The van der Waals surface area contributed by atoms with Gasteiger partial charge in [0.05, 0.1) is 5.69 Å². The van der Waals surface area contributed by atoms with Crippen molar-refractivity contribution < 1.29 is 13.9 Å². The van der Waals surface area contributed by atoms with Gasteiger partial charge < -0.3 is 10.1 Å². The van der Waals surface area contributed by atoms with Crippen molar-refractivity contribution in [1.29, 1.82) is 0 Å². The first-order valence-electron chi connectivity index (χ1n) is 10.3. The first-order valence-corrected chi connectivity index (χ1v) is 10.3. The van der Waals surface area contributed by atoms with Gasteiger partial charge in [-0.15, -0.1) is 0 Å². The number of anilines is 1. The van der Waals surface area contributed by atoms with Crippen LogP contribution in [-0.2, 0) is 19.4 Å². The Kier molecular flexibility index (Phi) is 5.33. The predicted octanol–water partition coefficient (Wildman–Crippen LogP) is 4.12. The Hall–Kier alpha value is -4.07. The van der Waals surface area contributed by atoms with Gasteiger partial charge in [0, 0.05) is 29.8 Å². The van der Waals surface area contributed by atoms with Crippen LogP contribution in [0.1, 0.15) is 33.7 Å². The number of benzene rings is 1. The Morgan fingerprint density at radius 2 is 1.88 bits per heavy atom. The zero-order chi connectivity index (χ0) is 21.9. The van der Waals surface area contributed by atoms with Crippen LogP contribution in [-0.4, -0.2) is 25.7 Å². The molecule has 3 aromatic heterocycles. The Morgan fingerprint density at radius 1 is 1.06 bits per heavy atom. The maximum absolute atomic E-state index is 13.3. The molecule has 0 radical (unpaired) electrons. The molecule has 1 N–H and O–H groups in total. The molecule has 4 aromatic rings. The average Bonchev–Trinajstić information content (AvgIpc) is 3.43. The van der Waals surface area contributed by atoms with Crippen molar-refractivity contribution in [2.45, 2.75) is 25.9 Å². The van der Waals surface area contributed by atoms with E-state index in [1.165, 1.54) is 12.1 Å². The molecule has 0 spiro atoms. The van der Waals surface area contributed by atoms with Crippen LogP contribution in [0.4, 0.5) is 10.2 Å². The molecule has 32 heavy (non-hydrogen) atoms. The molecule has 1 aliphatic carbocycles. The highest BCUT2D eigenvalue weighted by molar-refractivity contribution is 6.04. The molecule has 5 rings (SSSR count). The fourth-order valence-corrected chi connectivity index (χ4v) is 3.82. The number of carbonyl (C=O) groups excluding carboxylic acids is 1. The number of amides is 1. The number of nitrogens with one attached hydrogen (secondary N) is 1.